The van der Waals surface area contributed by atoms with Crippen LogP contribution in [0.1, 0.15) is 23.2 Å². The molecule has 2 amide bonds. The van der Waals surface area contributed by atoms with Gasteiger partial charge >= 0.3 is 5.97 Å². The smallest absolute Gasteiger partial charge is 0.330 e. The lowest BCUT2D eigenvalue weighted by atomic mass is 9.95. The molecule has 0 aliphatic carbocycles. The number of aliphatic hydroxyl groups excluding tert-OH is 1. The molecule has 1 aromatic carbocycles. The molecule has 0 aromatic heterocycles. The molecular formula is C17H21BrN2O5. The predicted molar refractivity (Wildman–Crippen MR) is 93.8 cm³/mol. The Balaban J connectivity index is 1.88. The summed E-state index contributed by atoms with van der Waals surface area (Å²) < 4.78 is 5.43. The fourth-order valence-corrected chi connectivity index (χ4v) is 3.00. The monoisotopic (exact) mass is 412 g/mol. The lowest BCUT2D eigenvalue weighted by molar-refractivity contribution is -0.146. The van der Waals surface area contributed by atoms with Gasteiger partial charge in [0, 0.05) is 29.0 Å². The lowest BCUT2D eigenvalue weighted by Gasteiger charge is -2.32. The van der Waals surface area contributed by atoms with Crippen LogP contribution in [-0.4, -0.2) is 60.6 Å². The first-order chi connectivity index (χ1) is 12.0. The van der Waals surface area contributed by atoms with Crippen molar-refractivity contribution in [1.29, 1.82) is 0 Å². The van der Waals surface area contributed by atoms with Crippen LogP contribution in [0, 0.1) is 5.92 Å². The van der Waals surface area contributed by atoms with Gasteiger partial charge in [-0.15, -0.1) is 0 Å². The number of esters is 1. The molecule has 1 saturated heterocycles. The van der Waals surface area contributed by atoms with Crippen molar-refractivity contribution in [2.45, 2.75) is 18.9 Å². The first kappa shape index (κ1) is 19.4. The summed E-state index contributed by atoms with van der Waals surface area (Å²) in [5.74, 6) is -1.35. The van der Waals surface area contributed by atoms with Crippen LogP contribution in [0.5, 0.6) is 0 Å². The summed E-state index contributed by atoms with van der Waals surface area (Å²) in [6.07, 6.45) is 1.01. The second-order valence-electron chi connectivity index (χ2n) is 5.84. The lowest BCUT2D eigenvalue weighted by Crippen LogP contribution is -2.49. The first-order valence-corrected chi connectivity index (χ1v) is 8.79. The quantitative estimate of drug-likeness (QED) is 0.701. The molecule has 1 aliphatic rings. The molecule has 1 aliphatic heterocycles. The number of carbonyl (C=O) groups is 3. The van der Waals surface area contributed by atoms with Gasteiger partial charge in [0.15, 0.2) is 6.04 Å². The van der Waals surface area contributed by atoms with Crippen molar-refractivity contribution in [3.05, 3.63) is 34.3 Å². The van der Waals surface area contributed by atoms with Gasteiger partial charge < -0.3 is 20.1 Å². The molecule has 8 heteroatoms. The Labute approximate surface area is 154 Å². The van der Waals surface area contributed by atoms with E-state index >= 15 is 0 Å². The number of benzene rings is 1. The van der Waals surface area contributed by atoms with E-state index in [9.17, 15) is 14.4 Å². The third-order valence-electron chi connectivity index (χ3n) is 4.23. The molecule has 1 heterocycles. The highest BCUT2D eigenvalue weighted by atomic mass is 79.9. The van der Waals surface area contributed by atoms with E-state index in [1.807, 2.05) is 12.1 Å². The van der Waals surface area contributed by atoms with Crippen molar-refractivity contribution in [2.24, 2.45) is 5.92 Å². The Morgan fingerprint density at radius 3 is 2.40 bits per heavy atom. The summed E-state index contributed by atoms with van der Waals surface area (Å²) in [6.45, 7) is 0.420. The molecule has 0 saturated carbocycles. The van der Waals surface area contributed by atoms with Crippen molar-refractivity contribution < 1.29 is 24.2 Å². The van der Waals surface area contributed by atoms with E-state index in [-0.39, 0.29) is 17.7 Å². The molecule has 25 heavy (non-hydrogen) atoms. The average molecular weight is 413 g/mol. The number of ether oxygens (including phenoxy) is 1. The van der Waals surface area contributed by atoms with Gasteiger partial charge in [0.25, 0.3) is 5.91 Å². The number of aliphatic hydroxyl groups is 1. The Morgan fingerprint density at radius 2 is 1.88 bits per heavy atom. The molecular weight excluding hydrogens is 392 g/mol. The van der Waals surface area contributed by atoms with Gasteiger partial charge in [0.2, 0.25) is 5.91 Å². The number of rotatable bonds is 5. The molecule has 0 unspecified atom stereocenters. The Kier molecular flexibility index (Phi) is 6.95. The van der Waals surface area contributed by atoms with E-state index in [2.05, 4.69) is 26.0 Å². The summed E-state index contributed by atoms with van der Waals surface area (Å²) >= 11 is 3.34. The number of carbonyl (C=O) groups excluding carboxylic acids is 3. The number of hydrogen-bond acceptors (Lipinski definition) is 5. The fraction of sp³-hybridized carbons (Fsp3) is 0.471. The maximum atomic E-state index is 12.5. The van der Waals surface area contributed by atoms with Crippen molar-refractivity contribution >= 4 is 33.7 Å². The number of methoxy groups -OCH3 is 1. The number of nitrogens with zero attached hydrogens (tertiary/aromatic N) is 1. The molecule has 0 radical (unpaired) electrons. The van der Waals surface area contributed by atoms with Gasteiger partial charge in [-0.25, -0.2) is 4.79 Å². The van der Waals surface area contributed by atoms with E-state index in [4.69, 9.17) is 5.11 Å². The zero-order valence-electron chi connectivity index (χ0n) is 13.9. The van der Waals surface area contributed by atoms with E-state index in [1.54, 1.807) is 17.0 Å². The van der Waals surface area contributed by atoms with E-state index in [0.29, 0.717) is 31.5 Å². The SMILES string of the molecule is COC(=O)[C@@H](CO)NC(=O)C1CCN(C(=O)c2ccc(Br)cc2)CC1. The minimum Gasteiger partial charge on any atom is -0.467 e. The van der Waals surface area contributed by atoms with Crippen LogP contribution >= 0.6 is 15.9 Å². The van der Waals surface area contributed by atoms with Crippen molar-refractivity contribution in [2.75, 3.05) is 26.8 Å². The number of likely N-dealkylation sites (tertiary alicyclic amines) is 1. The molecule has 0 bridgehead atoms. The summed E-state index contributed by atoms with van der Waals surface area (Å²) in [7, 11) is 1.20. The summed E-state index contributed by atoms with van der Waals surface area (Å²) in [5, 5.41) is 11.7. The summed E-state index contributed by atoms with van der Waals surface area (Å²) in [5.41, 5.74) is 0.608. The first-order valence-electron chi connectivity index (χ1n) is 8.00. The Bertz CT molecular complexity index is 626. The maximum Gasteiger partial charge on any atom is 0.330 e. The van der Waals surface area contributed by atoms with Crippen LogP contribution in [0.4, 0.5) is 0 Å². The van der Waals surface area contributed by atoms with Crippen LogP contribution in [0.15, 0.2) is 28.7 Å². The van der Waals surface area contributed by atoms with E-state index < -0.39 is 18.6 Å². The molecule has 1 atom stereocenters. The molecule has 2 N–H and O–H groups in total. The highest BCUT2D eigenvalue weighted by molar-refractivity contribution is 9.10. The highest BCUT2D eigenvalue weighted by Crippen LogP contribution is 2.20. The average Bonchev–Trinajstić information content (AvgIpc) is 2.65. The molecule has 7 nitrogen and oxygen atoms in total. The van der Waals surface area contributed by atoms with Crippen LogP contribution in [0.2, 0.25) is 0 Å². The standard InChI is InChI=1S/C17H21BrN2O5/c1-25-17(24)14(10-21)19-15(22)11-6-8-20(9-7-11)16(23)12-2-4-13(18)5-3-12/h2-5,11,14,21H,6-10H2,1H3,(H,19,22)/t14-/m1/s1. The van der Waals surface area contributed by atoms with Crippen LogP contribution in [0.3, 0.4) is 0 Å². The second kappa shape index (κ2) is 8.96. The van der Waals surface area contributed by atoms with Crippen molar-refractivity contribution in [3.8, 4) is 0 Å². The highest BCUT2D eigenvalue weighted by Gasteiger charge is 2.30. The Hall–Kier alpha value is -1.93. The topological polar surface area (TPSA) is 95.9 Å². The predicted octanol–water partition coefficient (Wildman–Crippen LogP) is 0.951. The molecule has 1 aromatic rings. The number of halogens is 1. The fourth-order valence-electron chi connectivity index (χ4n) is 2.73. The van der Waals surface area contributed by atoms with E-state index in [1.165, 1.54) is 7.11 Å². The largest absolute Gasteiger partial charge is 0.467 e. The van der Waals surface area contributed by atoms with Crippen LogP contribution in [0.25, 0.3) is 0 Å². The third-order valence-corrected chi connectivity index (χ3v) is 4.76. The maximum absolute atomic E-state index is 12.5. The zero-order chi connectivity index (χ0) is 18.4. The number of nitrogens with one attached hydrogen (secondary N) is 1. The van der Waals surface area contributed by atoms with Gasteiger partial charge in [-0.2, -0.15) is 0 Å². The van der Waals surface area contributed by atoms with Gasteiger partial charge in [-0.05, 0) is 37.1 Å². The van der Waals surface area contributed by atoms with Gasteiger partial charge in [-0.3, -0.25) is 9.59 Å². The van der Waals surface area contributed by atoms with Gasteiger partial charge in [0.05, 0.1) is 13.7 Å². The molecule has 0 spiro atoms. The summed E-state index contributed by atoms with van der Waals surface area (Å²) in [6, 6.07) is 6.09. The normalized spacial score (nSPS) is 16.2. The van der Waals surface area contributed by atoms with Gasteiger partial charge in [-0.1, -0.05) is 15.9 Å². The minimum absolute atomic E-state index is 0.0610. The molecule has 136 valence electrons. The van der Waals surface area contributed by atoms with Crippen molar-refractivity contribution in [1.82, 2.24) is 10.2 Å². The third kappa shape index (κ3) is 5.02. The second-order valence-corrected chi connectivity index (χ2v) is 6.76. The van der Waals surface area contributed by atoms with Gasteiger partial charge in [0.1, 0.15) is 0 Å². The molecule has 1 fully saturated rings. The summed E-state index contributed by atoms with van der Waals surface area (Å²) in [4.78, 5) is 37.8. The number of piperidine rings is 1. The molecule has 2 rings (SSSR count). The van der Waals surface area contributed by atoms with E-state index in [0.717, 1.165) is 4.47 Å². The van der Waals surface area contributed by atoms with Crippen molar-refractivity contribution in [3.63, 3.8) is 0 Å². The Morgan fingerprint density at radius 1 is 1.28 bits per heavy atom. The van der Waals surface area contributed by atoms with Crippen LogP contribution in [-0.2, 0) is 14.3 Å². The number of hydrogen-bond donors (Lipinski definition) is 2. The minimum atomic E-state index is -1.06. The zero-order valence-corrected chi connectivity index (χ0v) is 15.5. The number of amides is 2. The van der Waals surface area contributed by atoms with Crippen LogP contribution < -0.4 is 5.32 Å².